The molecule has 2 aromatic rings. The molecule has 0 bridgehead atoms. The molecule has 0 radical (unpaired) electrons. The van der Waals surface area contributed by atoms with Crippen molar-refractivity contribution in [3.05, 3.63) is 35.7 Å². The smallest absolute Gasteiger partial charge is 0.328 e. The monoisotopic (exact) mass is 369 g/mol. The average molecular weight is 369 g/mol. The molecule has 1 aromatic carbocycles. The Hall–Kier alpha value is -2.90. The lowest BCUT2D eigenvalue weighted by Gasteiger charge is -2.33. The van der Waals surface area contributed by atoms with Gasteiger partial charge in [0.05, 0.1) is 0 Å². The number of piperidine rings is 1. The normalized spacial score (nSPS) is 20.0. The van der Waals surface area contributed by atoms with Crippen molar-refractivity contribution in [3.63, 3.8) is 0 Å². The summed E-state index contributed by atoms with van der Waals surface area (Å²) >= 11 is 0. The molecule has 4 amide bonds. The lowest BCUT2D eigenvalue weighted by molar-refractivity contribution is 0.137. The van der Waals surface area contributed by atoms with Gasteiger partial charge in [-0.15, -0.1) is 0 Å². The lowest BCUT2D eigenvalue weighted by Crippen LogP contribution is -2.48. The highest BCUT2D eigenvalue weighted by molar-refractivity contribution is 5.95. The van der Waals surface area contributed by atoms with Crippen LogP contribution in [0.2, 0.25) is 0 Å². The van der Waals surface area contributed by atoms with E-state index in [2.05, 4.69) is 15.5 Å². The van der Waals surface area contributed by atoms with Gasteiger partial charge < -0.3 is 14.7 Å². The van der Waals surface area contributed by atoms with Gasteiger partial charge in [0.1, 0.15) is 0 Å². The summed E-state index contributed by atoms with van der Waals surface area (Å²) < 4.78 is 5.45. The van der Waals surface area contributed by atoms with Gasteiger partial charge in [-0.3, -0.25) is 0 Å². The fourth-order valence-corrected chi connectivity index (χ4v) is 3.75. The minimum atomic E-state index is -0.304. The predicted molar refractivity (Wildman–Crippen MR) is 98.0 cm³/mol. The Bertz CT molecular complexity index is 849. The second-order valence-electron chi connectivity index (χ2n) is 7.15. The molecule has 2 saturated heterocycles. The molecular weight excluding hydrogens is 346 g/mol. The SMILES string of the molecule is Cc1ccccc1-c1noc(CC2CCCN(C(=O)N3CCNC3=O)C2)n1. The first-order valence-corrected chi connectivity index (χ1v) is 9.34. The number of hydrogen-bond acceptors (Lipinski definition) is 5. The highest BCUT2D eigenvalue weighted by Crippen LogP contribution is 2.24. The molecule has 0 saturated carbocycles. The predicted octanol–water partition coefficient (Wildman–Crippen LogP) is 2.44. The number of hydrogen-bond donors (Lipinski definition) is 1. The number of aryl methyl sites for hydroxylation is 1. The van der Waals surface area contributed by atoms with Crippen LogP contribution in [0.5, 0.6) is 0 Å². The van der Waals surface area contributed by atoms with E-state index in [0.717, 1.165) is 24.0 Å². The van der Waals surface area contributed by atoms with Gasteiger partial charge in [0.15, 0.2) is 0 Å². The molecule has 0 spiro atoms. The largest absolute Gasteiger partial charge is 0.339 e. The molecule has 3 heterocycles. The lowest BCUT2D eigenvalue weighted by atomic mass is 9.95. The van der Waals surface area contributed by atoms with E-state index in [1.807, 2.05) is 31.2 Å². The first-order chi connectivity index (χ1) is 13.1. The highest BCUT2D eigenvalue weighted by atomic mass is 16.5. The van der Waals surface area contributed by atoms with Gasteiger partial charge in [-0.25, -0.2) is 14.5 Å². The number of likely N-dealkylation sites (tertiary alicyclic amines) is 1. The van der Waals surface area contributed by atoms with E-state index in [1.165, 1.54) is 4.90 Å². The van der Waals surface area contributed by atoms with Gasteiger partial charge in [0, 0.05) is 38.2 Å². The van der Waals surface area contributed by atoms with E-state index >= 15 is 0 Å². The number of imide groups is 1. The van der Waals surface area contributed by atoms with E-state index in [1.54, 1.807) is 4.90 Å². The number of carbonyl (C=O) groups is 2. The zero-order valence-electron chi connectivity index (χ0n) is 15.4. The van der Waals surface area contributed by atoms with E-state index in [9.17, 15) is 9.59 Å². The molecule has 8 heteroatoms. The molecule has 0 aliphatic carbocycles. The Morgan fingerprint density at radius 2 is 2.19 bits per heavy atom. The van der Waals surface area contributed by atoms with Crippen LogP contribution in [-0.4, -0.2) is 58.2 Å². The number of aromatic nitrogens is 2. The van der Waals surface area contributed by atoms with Gasteiger partial charge >= 0.3 is 12.1 Å². The number of amides is 4. The highest BCUT2D eigenvalue weighted by Gasteiger charge is 2.33. The summed E-state index contributed by atoms with van der Waals surface area (Å²) in [5.41, 5.74) is 2.07. The Balaban J connectivity index is 1.40. The van der Waals surface area contributed by atoms with Crippen molar-refractivity contribution in [2.24, 2.45) is 5.92 Å². The third-order valence-electron chi connectivity index (χ3n) is 5.19. The maximum Gasteiger partial charge on any atom is 0.328 e. The summed E-state index contributed by atoms with van der Waals surface area (Å²) in [5.74, 6) is 1.44. The summed E-state index contributed by atoms with van der Waals surface area (Å²) in [6.07, 6.45) is 2.54. The summed E-state index contributed by atoms with van der Waals surface area (Å²) in [6, 6.07) is 7.42. The van der Waals surface area contributed by atoms with Crippen LogP contribution in [0.15, 0.2) is 28.8 Å². The van der Waals surface area contributed by atoms with E-state index in [4.69, 9.17) is 4.52 Å². The van der Waals surface area contributed by atoms with E-state index in [0.29, 0.717) is 44.3 Å². The molecule has 2 aliphatic heterocycles. The maximum atomic E-state index is 12.6. The van der Waals surface area contributed by atoms with Crippen molar-refractivity contribution in [1.82, 2.24) is 25.3 Å². The minimum Gasteiger partial charge on any atom is -0.339 e. The Morgan fingerprint density at radius 3 is 2.96 bits per heavy atom. The standard InChI is InChI=1S/C19H23N5O3/c1-13-5-2-3-7-15(13)17-21-16(27-22-17)11-14-6-4-9-23(12-14)19(26)24-10-8-20-18(24)25/h2-3,5,7,14H,4,6,8-12H2,1H3,(H,20,25). The summed E-state index contributed by atoms with van der Waals surface area (Å²) in [4.78, 5) is 31.9. The van der Waals surface area contributed by atoms with Crippen LogP contribution >= 0.6 is 0 Å². The van der Waals surface area contributed by atoms with Crippen LogP contribution in [-0.2, 0) is 6.42 Å². The molecule has 2 aliphatic rings. The van der Waals surface area contributed by atoms with Crippen LogP contribution in [0.3, 0.4) is 0 Å². The van der Waals surface area contributed by atoms with Crippen LogP contribution in [0, 0.1) is 12.8 Å². The fraction of sp³-hybridized carbons (Fsp3) is 0.474. The zero-order chi connectivity index (χ0) is 18.8. The molecule has 4 rings (SSSR count). The molecule has 2 fully saturated rings. The summed E-state index contributed by atoms with van der Waals surface area (Å²) in [7, 11) is 0. The Kier molecular flexibility index (Phi) is 4.79. The molecule has 1 N–H and O–H groups in total. The second-order valence-corrected chi connectivity index (χ2v) is 7.15. The van der Waals surface area contributed by atoms with Crippen molar-refractivity contribution in [2.75, 3.05) is 26.2 Å². The van der Waals surface area contributed by atoms with Crippen molar-refractivity contribution < 1.29 is 14.1 Å². The second kappa shape index (κ2) is 7.38. The number of benzene rings is 1. The number of carbonyl (C=O) groups excluding carboxylic acids is 2. The molecule has 1 aromatic heterocycles. The third kappa shape index (κ3) is 3.65. The Morgan fingerprint density at radius 1 is 1.33 bits per heavy atom. The number of urea groups is 2. The molecule has 8 nitrogen and oxygen atoms in total. The number of nitrogens with zero attached hydrogens (tertiary/aromatic N) is 4. The van der Waals surface area contributed by atoms with Gasteiger partial charge in [-0.2, -0.15) is 4.98 Å². The quantitative estimate of drug-likeness (QED) is 0.897. The van der Waals surface area contributed by atoms with Crippen LogP contribution < -0.4 is 5.32 Å². The summed E-state index contributed by atoms with van der Waals surface area (Å²) in [5, 5.41) is 6.78. The summed E-state index contributed by atoms with van der Waals surface area (Å²) in [6.45, 7) is 4.25. The van der Waals surface area contributed by atoms with E-state index < -0.39 is 0 Å². The molecule has 1 unspecified atom stereocenters. The van der Waals surface area contributed by atoms with Gasteiger partial charge in [0.25, 0.3) is 0 Å². The molecule has 1 atom stereocenters. The van der Waals surface area contributed by atoms with Crippen LogP contribution in [0.25, 0.3) is 11.4 Å². The third-order valence-corrected chi connectivity index (χ3v) is 5.19. The van der Waals surface area contributed by atoms with E-state index in [-0.39, 0.29) is 18.0 Å². The van der Waals surface area contributed by atoms with Gasteiger partial charge in [-0.05, 0) is 31.2 Å². The minimum absolute atomic E-state index is 0.208. The fourth-order valence-electron chi connectivity index (χ4n) is 3.75. The van der Waals surface area contributed by atoms with Gasteiger partial charge in [-0.1, -0.05) is 29.4 Å². The zero-order valence-corrected chi connectivity index (χ0v) is 15.4. The maximum absolute atomic E-state index is 12.6. The van der Waals surface area contributed by atoms with Crippen molar-refractivity contribution >= 4 is 12.1 Å². The molecular formula is C19H23N5O3. The van der Waals surface area contributed by atoms with Crippen LogP contribution in [0.4, 0.5) is 9.59 Å². The Labute approximate surface area is 157 Å². The topological polar surface area (TPSA) is 91.6 Å². The first-order valence-electron chi connectivity index (χ1n) is 9.34. The average Bonchev–Trinajstić information content (AvgIpc) is 3.31. The first kappa shape index (κ1) is 17.5. The van der Waals surface area contributed by atoms with Crippen LogP contribution in [0.1, 0.15) is 24.3 Å². The van der Waals surface area contributed by atoms with Crippen molar-refractivity contribution in [2.45, 2.75) is 26.2 Å². The number of rotatable bonds is 3. The number of nitrogens with one attached hydrogen (secondary N) is 1. The van der Waals surface area contributed by atoms with Crippen molar-refractivity contribution in [1.29, 1.82) is 0 Å². The van der Waals surface area contributed by atoms with Gasteiger partial charge in [0.2, 0.25) is 11.7 Å². The molecule has 142 valence electrons. The molecule has 27 heavy (non-hydrogen) atoms. The van der Waals surface area contributed by atoms with Crippen molar-refractivity contribution in [3.8, 4) is 11.4 Å².